The van der Waals surface area contributed by atoms with Gasteiger partial charge in [0, 0.05) is 29.0 Å². The molecule has 1 aliphatic heterocycles. The van der Waals surface area contributed by atoms with E-state index in [1.165, 1.54) is 30.3 Å². The molecule has 7 nitrogen and oxygen atoms in total. The van der Waals surface area contributed by atoms with E-state index in [2.05, 4.69) is 5.32 Å². The molecule has 2 aromatic carbocycles. The van der Waals surface area contributed by atoms with Crippen LogP contribution in [0.15, 0.2) is 58.6 Å². The number of alkyl halides is 3. The first-order valence-corrected chi connectivity index (χ1v) is 12.5. The molecular weight excluding hydrogens is 483 g/mol. The fourth-order valence-corrected chi connectivity index (χ4v) is 5.59. The number of anilines is 1. The number of nitrogens with zero attached hydrogens (tertiary/aromatic N) is 2. The summed E-state index contributed by atoms with van der Waals surface area (Å²) in [6.45, 7) is 1.56. The number of rotatable bonds is 4. The number of allylic oxidation sites excluding steroid dienone is 1. The zero-order chi connectivity index (χ0) is 25.5. The molecule has 4 rings (SSSR count). The van der Waals surface area contributed by atoms with E-state index < -0.39 is 34.4 Å². The number of carbonyl (C=O) groups excluding carboxylic acids is 2. The Morgan fingerprint density at radius 3 is 2.57 bits per heavy atom. The van der Waals surface area contributed by atoms with Gasteiger partial charge in [0.1, 0.15) is 0 Å². The molecule has 1 heterocycles. The first kappa shape index (κ1) is 24.8. The Bertz CT molecular complexity index is 1280. The fourth-order valence-electron chi connectivity index (χ4n) is 4.40. The largest absolute Gasteiger partial charge is 0.416 e. The van der Waals surface area contributed by atoms with Crippen LogP contribution in [-0.2, 0) is 11.0 Å². The molecule has 35 heavy (non-hydrogen) atoms. The van der Waals surface area contributed by atoms with E-state index in [0.717, 1.165) is 17.0 Å². The van der Waals surface area contributed by atoms with Crippen molar-refractivity contribution in [1.29, 1.82) is 5.26 Å². The van der Waals surface area contributed by atoms with Crippen LogP contribution in [0.1, 0.15) is 48.9 Å². The van der Waals surface area contributed by atoms with E-state index in [4.69, 9.17) is 0 Å². The molecule has 0 saturated carbocycles. The number of hydrogen-bond acceptors (Lipinski definition) is 5. The van der Waals surface area contributed by atoms with Gasteiger partial charge in [-0.25, -0.2) is 4.79 Å². The van der Waals surface area contributed by atoms with Crippen molar-refractivity contribution in [2.24, 2.45) is 0 Å². The summed E-state index contributed by atoms with van der Waals surface area (Å²) in [5, 5.41) is 12.0. The molecule has 3 N–H and O–H groups in total. The van der Waals surface area contributed by atoms with Gasteiger partial charge in [0.2, 0.25) is 0 Å². The maximum atomic E-state index is 13.3. The zero-order valence-electron chi connectivity index (χ0n) is 18.6. The number of urea groups is 1. The summed E-state index contributed by atoms with van der Waals surface area (Å²) >= 11 is 0. The highest BCUT2D eigenvalue weighted by molar-refractivity contribution is 8.24. The van der Waals surface area contributed by atoms with Crippen molar-refractivity contribution < 1.29 is 31.9 Å². The van der Waals surface area contributed by atoms with Gasteiger partial charge in [0.25, 0.3) is 0 Å². The summed E-state index contributed by atoms with van der Waals surface area (Å²) < 4.78 is 61.3. The lowest BCUT2D eigenvalue weighted by Crippen LogP contribution is -2.49. The highest BCUT2D eigenvalue weighted by Crippen LogP contribution is 2.52. The second-order valence-electron chi connectivity index (χ2n) is 8.22. The SMILES string of the molecule is CCS(O)(O)c1cc(C#N)ccc1C1NC(=O)N(c2cccc(C(F)(F)F)c2)C2=C1C(=O)CCC2. The number of Topliss-reactive ketones (excluding diaryl/α,β-unsaturated/α-hetero) is 1. The van der Waals surface area contributed by atoms with Crippen LogP contribution in [0.25, 0.3) is 0 Å². The molecule has 0 aromatic heterocycles. The highest BCUT2D eigenvalue weighted by atomic mass is 32.3. The van der Waals surface area contributed by atoms with E-state index in [9.17, 15) is 37.1 Å². The quantitative estimate of drug-likeness (QED) is 0.473. The predicted octanol–water partition coefficient (Wildman–Crippen LogP) is 5.98. The van der Waals surface area contributed by atoms with Crippen LogP contribution in [-0.4, -0.2) is 26.7 Å². The molecule has 0 spiro atoms. The van der Waals surface area contributed by atoms with Gasteiger partial charge in [-0.05, 0) is 50.1 Å². The number of nitrogens with one attached hydrogen (secondary N) is 1. The number of benzene rings is 2. The Balaban J connectivity index is 1.91. The van der Waals surface area contributed by atoms with Crippen molar-refractivity contribution in [3.8, 4) is 6.07 Å². The summed E-state index contributed by atoms with van der Waals surface area (Å²) in [5.74, 6) is -0.345. The fraction of sp³-hybridized carbons (Fsp3) is 0.292. The van der Waals surface area contributed by atoms with Crippen LogP contribution in [0.5, 0.6) is 0 Å². The van der Waals surface area contributed by atoms with Gasteiger partial charge in [0.05, 0.1) is 33.8 Å². The second kappa shape index (κ2) is 9.03. The van der Waals surface area contributed by atoms with Gasteiger partial charge < -0.3 is 5.32 Å². The standard InChI is InChI=1S/C24H22F3N3O4S/c1-2-35(33,34)20-11-14(13-28)9-10-17(20)22-21-18(7-4-8-19(21)31)30(23(32)29-22)16-6-3-5-15(12-16)24(25,26)27/h3,5-6,9-12,22,33-34H,2,4,7-8H2,1H3,(H,29,32). The lowest BCUT2D eigenvalue weighted by atomic mass is 9.84. The Hall–Kier alpha value is -3.33. The van der Waals surface area contributed by atoms with Crippen molar-refractivity contribution in [3.05, 3.63) is 70.4 Å². The zero-order valence-corrected chi connectivity index (χ0v) is 19.4. The minimum Gasteiger partial charge on any atom is -0.326 e. The van der Waals surface area contributed by atoms with E-state index >= 15 is 0 Å². The van der Waals surface area contributed by atoms with Crippen molar-refractivity contribution in [2.45, 2.75) is 43.3 Å². The van der Waals surface area contributed by atoms with E-state index in [0.29, 0.717) is 6.42 Å². The first-order chi connectivity index (χ1) is 16.5. The number of carbonyl (C=O) groups is 2. The predicted molar refractivity (Wildman–Crippen MR) is 124 cm³/mol. The van der Waals surface area contributed by atoms with Gasteiger partial charge >= 0.3 is 12.2 Å². The molecule has 0 bridgehead atoms. The van der Waals surface area contributed by atoms with Crippen LogP contribution in [0.3, 0.4) is 0 Å². The van der Waals surface area contributed by atoms with E-state index in [1.54, 1.807) is 6.92 Å². The third kappa shape index (κ3) is 4.52. The Kier molecular flexibility index (Phi) is 6.40. The summed E-state index contributed by atoms with van der Waals surface area (Å²) in [5.41, 5.74) is -0.0702. The minimum absolute atomic E-state index is 0.0316. The molecule has 1 atom stereocenters. The molecule has 1 aliphatic carbocycles. The molecule has 2 aliphatic rings. The lowest BCUT2D eigenvalue weighted by Gasteiger charge is -2.41. The normalized spacial score (nSPS) is 19.2. The number of hydrogen-bond donors (Lipinski definition) is 3. The monoisotopic (exact) mass is 505 g/mol. The van der Waals surface area contributed by atoms with Crippen LogP contribution >= 0.6 is 10.6 Å². The summed E-state index contributed by atoms with van der Waals surface area (Å²) in [4.78, 5) is 27.5. The van der Waals surface area contributed by atoms with Crippen molar-refractivity contribution in [3.63, 3.8) is 0 Å². The van der Waals surface area contributed by atoms with Gasteiger partial charge in [-0.2, -0.15) is 29.0 Å². The lowest BCUT2D eigenvalue weighted by molar-refractivity contribution is -0.137. The third-order valence-electron chi connectivity index (χ3n) is 6.10. The van der Waals surface area contributed by atoms with Crippen molar-refractivity contribution in [1.82, 2.24) is 5.32 Å². The Morgan fingerprint density at radius 1 is 1.17 bits per heavy atom. The van der Waals surface area contributed by atoms with Crippen molar-refractivity contribution in [2.75, 3.05) is 10.7 Å². The molecule has 11 heteroatoms. The van der Waals surface area contributed by atoms with Gasteiger partial charge in [-0.3, -0.25) is 18.8 Å². The van der Waals surface area contributed by atoms with Crippen LogP contribution in [0.4, 0.5) is 23.7 Å². The van der Waals surface area contributed by atoms with Crippen molar-refractivity contribution >= 4 is 28.1 Å². The Morgan fingerprint density at radius 2 is 1.91 bits per heavy atom. The summed E-state index contributed by atoms with van der Waals surface area (Å²) in [7, 11) is -3.35. The molecule has 0 saturated heterocycles. The average molecular weight is 506 g/mol. The van der Waals surface area contributed by atoms with Gasteiger partial charge in [-0.1, -0.05) is 12.1 Å². The van der Waals surface area contributed by atoms with E-state index in [-0.39, 0.29) is 57.4 Å². The molecule has 0 fully saturated rings. The van der Waals surface area contributed by atoms with Crippen LogP contribution < -0.4 is 10.2 Å². The molecule has 2 aromatic rings. The smallest absolute Gasteiger partial charge is 0.326 e. The highest BCUT2D eigenvalue weighted by Gasteiger charge is 2.42. The maximum absolute atomic E-state index is 13.3. The maximum Gasteiger partial charge on any atom is 0.416 e. The number of ketones is 1. The third-order valence-corrected chi connectivity index (χ3v) is 7.96. The minimum atomic E-state index is -4.61. The second-order valence-corrected chi connectivity index (χ2v) is 10.6. The number of amides is 2. The van der Waals surface area contributed by atoms with Gasteiger partial charge in [0.15, 0.2) is 5.78 Å². The van der Waals surface area contributed by atoms with E-state index in [1.807, 2.05) is 6.07 Å². The van der Waals surface area contributed by atoms with Gasteiger partial charge in [-0.15, -0.1) is 0 Å². The topological polar surface area (TPSA) is 114 Å². The average Bonchev–Trinajstić information content (AvgIpc) is 2.82. The molecule has 184 valence electrons. The van der Waals surface area contributed by atoms with Crippen LogP contribution in [0, 0.1) is 11.3 Å². The van der Waals surface area contributed by atoms with Crippen LogP contribution in [0.2, 0.25) is 0 Å². The molecule has 1 unspecified atom stereocenters. The first-order valence-electron chi connectivity index (χ1n) is 10.8. The molecular formula is C24H22F3N3O4S. The summed E-state index contributed by atoms with van der Waals surface area (Å²) in [6, 6.07) is 8.69. The number of halogens is 3. The molecule has 0 radical (unpaired) electrons. The molecule has 2 amide bonds. The Labute approximate surface area is 201 Å². The number of nitriles is 1. The summed E-state index contributed by atoms with van der Waals surface area (Å²) in [6.07, 6.45) is -3.75.